The van der Waals surface area contributed by atoms with Crippen LogP contribution in [0.2, 0.25) is 0 Å². The van der Waals surface area contributed by atoms with Gasteiger partial charge in [0.2, 0.25) is 5.16 Å². The predicted molar refractivity (Wildman–Crippen MR) is 68.5 cm³/mol. The monoisotopic (exact) mass is 244 g/mol. The molecule has 1 aromatic heterocycles. The average molecular weight is 244 g/mol. The van der Waals surface area contributed by atoms with Crippen molar-refractivity contribution >= 4 is 17.5 Å². The molecule has 1 aromatic carbocycles. The van der Waals surface area contributed by atoms with Gasteiger partial charge in [0.25, 0.3) is 0 Å². The molecular weight excluding hydrogens is 232 g/mol. The number of aryl methyl sites for hydroxylation is 1. The molecule has 1 atom stereocenters. The molecule has 0 fully saturated rings. The number of fused-ring (bicyclic) bond motifs is 1. The maximum atomic E-state index is 4.64. The van der Waals surface area contributed by atoms with E-state index in [4.69, 9.17) is 0 Å². The van der Waals surface area contributed by atoms with Gasteiger partial charge in [0.15, 0.2) is 5.82 Å². The summed E-state index contributed by atoms with van der Waals surface area (Å²) in [5.41, 5.74) is 2.23. The van der Waals surface area contributed by atoms with E-state index in [9.17, 15) is 0 Å². The Morgan fingerprint density at radius 3 is 2.71 bits per heavy atom. The van der Waals surface area contributed by atoms with Crippen molar-refractivity contribution in [3.05, 3.63) is 41.7 Å². The van der Waals surface area contributed by atoms with E-state index in [0.29, 0.717) is 5.25 Å². The lowest BCUT2D eigenvalue weighted by Crippen LogP contribution is -2.21. The second kappa shape index (κ2) is 4.00. The Bertz CT molecular complexity index is 573. The zero-order chi connectivity index (χ0) is 11.8. The molecule has 0 bridgehead atoms. The van der Waals surface area contributed by atoms with Gasteiger partial charge in [-0.3, -0.25) is 0 Å². The Morgan fingerprint density at radius 2 is 1.94 bits per heavy atom. The molecule has 3 rings (SSSR count). The molecule has 0 amide bonds. The van der Waals surface area contributed by atoms with Crippen molar-refractivity contribution in [1.29, 1.82) is 0 Å². The van der Waals surface area contributed by atoms with Crippen LogP contribution in [0, 0.1) is 6.92 Å². The summed E-state index contributed by atoms with van der Waals surface area (Å²) in [6.45, 7) is 4.06. The smallest absolute Gasteiger partial charge is 0.191 e. The second-order valence-electron chi connectivity index (χ2n) is 3.95. The average Bonchev–Trinajstić information content (AvgIpc) is 2.70. The van der Waals surface area contributed by atoms with E-state index in [0.717, 1.165) is 22.3 Å². The van der Waals surface area contributed by atoms with E-state index in [1.54, 1.807) is 11.8 Å². The van der Waals surface area contributed by atoms with Crippen molar-refractivity contribution in [1.82, 2.24) is 14.9 Å². The van der Waals surface area contributed by atoms with Crippen LogP contribution in [-0.2, 0) is 0 Å². The van der Waals surface area contributed by atoms with Gasteiger partial charge in [-0.25, -0.2) is 0 Å². The summed E-state index contributed by atoms with van der Waals surface area (Å²) in [6, 6.07) is 10.2. The minimum atomic E-state index is 0.300. The topological polar surface area (TPSA) is 43.1 Å². The van der Waals surface area contributed by atoms with E-state index < -0.39 is 0 Å². The highest BCUT2D eigenvalue weighted by atomic mass is 32.2. The van der Waals surface area contributed by atoms with Crippen LogP contribution in [0.4, 0.5) is 0 Å². The molecule has 86 valence electrons. The maximum absolute atomic E-state index is 4.64. The molecule has 4 nitrogen and oxygen atoms in total. The van der Waals surface area contributed by atoms with Crippen molar-refractivity contribution in [2.24, 2.45) is 5.10 Å². The van der Waals surface area contributed by atoms with Gasteiger partial charge in [0.05, 0.1) is 11.0 Å². The normalized spacial score (nSPS) is 18.7. The van der Waals surface area contributed by atoms with E-state index in [-0.39, 0.29) is 0 Å². The Morgan fingerprint density at radius 1 is 1.18 bits per heavy atom. The van der Waals surface area contributed by atoms with Crippen molar-refractivity contribution < 1.29 is 0 Å². The summed E-state index contributed by atoms with van der Waals surface area (Å²) in [5.74, 6) is 0.827. The van der Waals surface area contributed by atoms with Gasteiger partial charge in [0.1, 0.15) is 0 Å². The first-order valence-corrected chi connectivity index (χ1v) is 6.36. The molecule has 0 saturated carbocycles. The number of rotatable bonds is 1. The van der Waals surface area contributed by atoms with Crippen LogP contribution in [0.1, 0.15) is 18.3 Å². The molecule has 1 aliphatic heterocycles. The minimum Gasteiger partial charge on any atom is -0.191 e. The summed E-state index contributed by atoms with van der Waals surface area (Å²) in [4.78, 5) is 0. The maximum Gasteiger partial charge on any atom is 0.212 e. The van der Waals surface area contributed by atoms with E-state index in [1.165, 1.54) is 0 Å². The standard InChI is InChI=1S/C12H12N4S/c1-8-11(10-6-4-3-5-7-10)15-16-9(2)13-14-12(16)17-8/h3-8H,1-2H3/t8-/m0/s1. The van der Waals surface area contributed by atoms with Crippen LogP contribution in [-0.4, -0.2) is 25.8 Å². The Hall–Kier alpha value is -1.62. The molecule has 0 unspecified atom stereocenters. The van der Waals surface area contributed by atoms with Gasteiger partial charge in [0, 0.05) is 0 Å². The zero-order valence-electron chi connectivity index (χ0n) is 9.66. The summed E-state index contributed by atoms with van der Waals surface area (Å²) >= 11 is 1.69. The van der Waals surface area contributed by atoms with Crippen molar-refractivity contribution in [2.75, 3.05) is 0 Å². The molecule has 1 aliphatic rings. The Labute approximate surface area is 104 Å². The molecule has 17 heavy (non-hydrogen) atoms. The van der Waals surface area contributed by atoms with Crippen LogP contribution < -0.4 is 0 Å². The third kappa shape index (κ3) is 1.76. The largest absolute Gasteiger partial charge is 0.212 e. The highest BCUT2D eigenvalue weighted by molar-refractivity contribution is 8.00. The highest BCUT2D eigenvalue weighted by Crippen LogP contribution is 2.29. The molecule has 0 saturated heterocycles. The molecule has 0 N–H and O–H groups in total. The second-order valence-corrected chi connectivity index (χ2v) is 5.26. The molecule has 0 radical (unpaired) electrons. The summed E-state index contributed by atoms with van der Waals surface area (Å²) in [7, 11) is 0. The molecule has 5 heteroatoms. The first-order chi connectivity index (χ1) is 8.25. The lowest BCUT2D eigenvalue weighted by atomic mass is 10.1. The van der Waals surface area contributed by atoms with Gasteiger partial charge in [-0.2, -0.15) is 9.78 Å². The molecular formula is C12H12N4S. The number of benzene rings is 1. The van der Waals surface area contributed by atoms with E-state index in [1.807, 2.05) is 29.8 Å². The minimum absolute atomic E-state index is 0.300. The number of aromatic nitrogens is 3. The number of nitrogens with zero attached hydrogens (tertiary/aromatic N) is 4. The van der Waals surface area contributed by atoms with Crippen LogP contribution in [0.5, 0.6) is 0 Å². The summed E-state index contributed by atoms with van der Waals surface area (Å²) < 4.78 is 1.81. The first-order valence-electron chi connectivity index (χ1n) is 5.48. The zero-order valence-corrected chi connectivity index (χ0v) is 10.5. The fourth-order valence-electron chi connectivity index (χ4n) is 1.83. The van der Waals surface area contributed by atoms with Gasteiger partial charge in [-0.15, -0.1) is 10.2 Å². The van der Waals surface area contributed by atoms with E-state index in [2.05, 4.69) is 34.4 Å². The lowest BCUT2D eigenvalue weighted by Gasteiger charge is -2.19. The van der Waals surface area contributed by atoms with Crippen molar-refractivity contribution in [3.63, 3.8) is 0 Å². The van der Waals surface area contributed by atoms with Crippen LogP contribution in [0.15, 0.2) is 40.6 Å². The van der Waals surface area contributed by atoms with E-state index >= 15 is 0 Å². The van der Waals surface area contributed by atoms with Gasteiger partial charge in [-0.1, -0.05) is 42.1 Å². The number of hydrogen-bond acceptors (Lipinski definition) is 4. The summed E-state index contributed by atoms with van der Waals surface area (Å²) in [6.07, 6.45) is 0. The molecule has 0 spiro atoms. The van der Waals surface area contributed by atoms with Crippen molar-refractivity contribution in [2.45, 2.75) is 24.3 Å². The molecule has 0 aliphatic carbocycles. The van der Waals surface area contributed by atoms with Crippen molar-refractivity contribution in [3.8, 4) is 0 Å². The fourth-order valence-corrected chi connectivity index (χ4v) is 2.80. The molecule has 2 aromatic rings. The quantitative estimate of drug-likeness (QED) is 0.773. The SMILES string of the molecule is Cc1nnc2n1N=C(c1ccccc1)[C@H](C)S2. The first kappa shape index (κ1) is 10.5. The third-order valence-electron chi connectivity index (χ3n) is 2.71. The Balaban J connectivity index is 2.12. The highest BCUT2D eigenvalue weighted by Gasteiger charge is 2.24. The summed E-state index contributed by atoms with van der Waals surface area (Å²) in [5, 5.41) is 14.0. The predicted octanol–water partition coefficient (Wildman–Crippen LogP) is 2.33. The van der Waals surface area contributed by atoms with Crippen LogP contribution >= 0.6 is 11.8 Å². The van der Waals surface area contributed by atoms with Gasteiger partial charge in [-0.05, 0) is 19.4 Å². The van der Waals surface area contributed by atoms with Crippen LogP contribution in [0.25, 0.3) is 0 Å². The number of thioether (sulfide) groups is 1. The number of hydrogen-bond donors (Lipinski definition) is 0. The third-order valence-corrected chi connectivity index (χ3v) is 3.75. The fraction of sp³-hybridized carbons (Fsp3) is 0.250. The van der Waals surface area contributed by atoms with Crippen LogP contribution in [0.3, 0.4) is 0 Å². The Kier molecular flexibility index (Phi) is 2.48. The molecule has 2 heterocycles. The van der Waals surface area contributed by atoms with Gasteiger partial charge < -0.3 is 0 Å². The van der Waals surface area contributed by atoms with Gasteiger partial charge >= 0.3 is 0 Å². The lowest BCUT2D eigenvalue weighted by molar-refractivity contribution is 0.727.